The number of anilines is 1. The molecule has 3 rings (SSSR count). The number of nitrogens with zero attached hydrogens (tertiary/aromatic N) is 2. The van der Waals surface area contributed by atoms with Crippen LogP contribution in [-0.2, 0) is 9.31 Å². The van der Waals surface area contributed by atoms with E-state index < -0.39 is 7.12 Å². The van der Waals surface area contributed by atoms with Crippen LogP contribution in [-0.4, -0.2) is 39.6 Å². The smallest absolute Gasteiger partial charge is 0.399 e. The van der Waals surface area contributed by atoms with Crippen LogP contribution in [0, 0.1) is 0 Å². The minimum Gasteiger partial charge on any atom is -0.399 e. The zero-order valence-electron chi connectivity index (χ0n) is 13.6. The van der Waals surface area contributed by atoms with Crippen LogP contribution in [0.4, 0.5) is 5.69 Å². The highest BCUT2D eigenvalue weighted by atomic mass is 16.7. The lowest BCUT2D eigenvalue weighted by molar-refractivity contribution is 0.00578. The van der Waals surface area contributed by atoms with Gasteiger partial charge in [-0.05, 0) is 45.3 Å². The molecule has 2 N–H and O–H groups in total. The Kier molecular flexibility index (Phi) is 3.73. The third kappa shape index (κ3) is 3.00. The van der Waals surface area contributed by atoms with Crippen LogP contribution in [0.2, 0.25) is 0 Å². The Morgan fingerprint density at radius 2 is 1.74 bits per heavy atom. The van der Waals surface area contributed by atoms with Gasteiger partial charge in [-0.3, -0.25) is 4.79 Å². The van der Waals surface area contributed by atoms with E-state index in [9.17, 15) is 4.79 Å². The SMILES string of the molecule is CC1(C)OB(c2ccc(NC(=O)c3cn[nH]n3)cc2)OC1(C)C. The molecular weight excluding hydrogens is 295 g/mol. The van der Waals surface area contributed by atoms with Crippen molar-refractivity contribution in [3.63, 3.8) is 0 Å². The van der Waals surface area contributed by atoms with Gasteiger partial charge in [0.2, 0.25) is 0 Å². The highest BCUT2D eigenvalue weighted by molar-refractivity contribution is 6.62. The number of carbonyl (C=O) groups is 1. The van der Waals surface area contributed by atoms with Crippen LogP contribution in [0.5, 0.6) is 0 Å². The fourth-order valence-corrected chi connectivity index (χ4v) is 2.21. The molecule has 1 aromatic carbocycles. The molecule has 1 amide bonds. The third-order valence-electron chi connectivity index (χ3n) is 4.34. The normalized spacial score (nSPS) is 18.9. The average molecular weight is 314 g/mol. The summed E-state index contributed by atoms with van der Waals surface area (Å²) in [5.74, 6) is -0.317. The molecular formula is C15H19BN4O3. The number of H-pyrrole nitrogens is 1. The van der Waals surface area contributed by atoms with Gasteiger partial charge in [0.25, 0.3) is 5.91 Å². The standard InChI is InChI=1S/C15H19BN4O3/c1-14(2)15(3,4)23-16(22-14)10-5-7-11(8-6-10)18-13(21)12-9-17-20-19-12/h5-9H,1-4H3,(H,18,21)(H,17,19,20). The summed E-state index contributed by atoms with van der Waals surface area (Å²) >= 11 is 0. The van der Waals surface area contributed by atoms with E-state index in [1.165, 1.54) is 6.20 Å². The van der Waals surface area contributed by atoms with Gasteiger partial charge in [-0.1, -0.05) is 12.1 Å². The number of nitrogens with one attached hydrogen (secondary N) is 2. The minimum atomic E-state index is -0.416. The molecule has 1 aliphatic heterocycles. The van der Waals surface area contributed by atoms with Crippen molar-refractivity contribution in [2.45, 2.75) is 38.9 Å². The van der Waals surface area contributed by atoms with E-state index >= 15 is 0 Å². The first-order valence-electron chi connectivity index (χ1n) is 7.41. The van der Waals surface area contributed by atoms with Gasteiger partial charge in [0.1, 0.15) is 0 Å². The minimum absolute atomic E-state index is 0.236. The summed E-state index contributed by atoms with van der Waals surface area (Å²) in [5.41, 5.74) is 1.05. The molecule has 120 valence electrons. The van der Waals surface area contributed by atoms with Crippen molar-refractivity contribution in [1.29, 1.82) is 0 Å². The van der Waals surface area contributed by atoms with E-state index in [0.717, 1.165) is 5.46 Å². The molecule has 1 aliphatic rings. The van der Waals surface area contributed by atoms with Gasteiger partial charge in [0, 0.05) is 5.69 Å². The van der Waals surface area contributed by atoms with Crippen molar-refractivity contribution in [1.82, 2.24) is 15.4 Å². The summed E-state index contributed by atoms with van der Waals surface area (Å²) in [6.07, 6.45) is 1.37. The molecule has 0 atom stereocenters. The molecule has 1 saturated heterocycles. The first kappa shape index (κ1) is 15.7. The van der Waals surface area contributed by atoms with Crippen LogP contribution < -0.4 is 10.8 Å². The third-order valence-corrected chi connectivity index (χ3v) is 4.34. The van der Waals surface area contributed by atoms with Gasteiger partial charge >= 0.3 is 7.12 Å². The van der Waals surface area contributed by atoms with Crippen molar-refractivity contribution in [2.24, 2.45) is 0 Å². The van der Waals surface area contributed by atoms with Gasteiger partial charge in [0.15, 0.2) is 5.69 Å². The summed E-state index contributed by atoms with van der Waals surface area (Å²) in [4.78, 5) is 11.9. The zero-order valence-corrected chi connectivity index (χ0v) is 13.6. The van der Waals surface area contributed by atoms with Gasteiger partial charge in [0.05, 0.1) is 17.4 Å². The predicted octanol–water partition coefficient (Wildman–Crippen LogP) is 1.36. The number of hydrogen-bond donors (Lipinski definition) is 2. The molecule has 0 radical (unpaired) electrons. The largest absolute Gasteiger partial charge is 0.494 e. The average Bonchev–Trinajstić information content (AvgIpc) is 3.07. The second kappa shape index (κ2) is 5.47. The Morgan fingerprint density at radius 3 is 2.26 bits per heavy atom. The first-order chi connectivity index (χ1) is 10.8. The highest BCUT2D eigenvalue weighted by Gasteiger charge is 2.51. The number of carbonyl (C=O) groups excluding carboxylic acids is 1. The van der Waals surface area contributed by atoms with E-state index in [1.54, 1.807) is 12.1 Å². The Bertz CT molecular complexity index is 682. The number of rotatable bonds is 3. The molecule has 8 heteroatoms. The molecule has 7 nitrogen and oxygen atoms in total. The Balaban J connectivity index is 1.70. The number of amides is 1. The maximum absolute atomic E-state index is 11.9. The second-order valence-electron chi connectivity index (χ2n) is 6.52. The molecule has 0 aliphatic carbocycles. The summed E-state index contributed by atoms with van der Waals surface area (Å²) < 4.78 is 12.0. The molecule has 2 heterocycles. The molecule has 1 aromatic heterocycles. The Labute approximate surface area is 134 Å². The first-order valence-corrected chi connectivity index (χ1v) is 7.41. The van der Waals surface area contributed by atoms with Crippen LogP contribution in [0.1, 0.15) is 38.2 Å². The highest BCUT2D eigenvalue weighted by Crippen LogP contribution is 2.36. The Hall–Kier alpha value is -2.19. The van der Waals surface area contributed by atoms with Crippen molar-refractivity contribution in [3.05, 3.63) is 36.2 Å². The molecule has 0 unspecified atom stereocenters. The number of hydrogen-bond acceptors (Lipinski definition) is 5. The van der Waals surface area contributed by atoms with Crippen molar-refractivity contribution >= 4 is 24.2 Å². The second-order valence-corrected chi connectivity index (χ2v) is 6.52. The fourth-order valence-electron chi connectivity index (χ4n) is 2.21. The van der Waals surface area contributed by atoms with Gasteiger partial charge in [-0.2, -0.15) is 15.4 Å². The van der Waals surface area contributed by atoms with E-state index in [-0.39, 0.29) is 22.8 Å². The van der Waals surface area contributed by atoms with Crippen molar-refractivity contribution in [2.75, 3.05) is 5.32 Å². The maximum Gasteiger partial charge on any atom is 0.494 e. The summed E-state index contributed by atoms with van der Waals surface area (Å²) in [6.45, 7) is 8.05. The van der Waals surface area contributed by atoms with E-state index in [2.05, 4.69) is 20.7 Å². The summed E-state index contributed by atoms with van der Waals surface area (Å²) in [6, 6.07) is 7.36. The van der Waals surface area contributed by atoms with Crippen molar-refractivity contribution in [3.8, 4) is 0 Å². The Morgan fingerprint density at radius 1 is 1.13 bits per heavy atom. The van der Waals surface area contributed by atoms with Gasteiger partial charge in [-0.15, -0.1) is 0 Å². The predicted molar refractivity (Wildman–Crippen MR) is 86.5 cm³/mol. The molecule has 2 aromatic rings. The van der Waals surface area contributed by atoms with Gasteiger partial charge < -0.3 is 14.6 Å². The maximum atomic E-state index is 11.9. The quantitative estimate of drug-likeness (QED) is 0.835. The van der Waals surface area contributed by atoms with Crippen LogP contribution in [0.25, 0.3) is 0 Å². The topological polar surface area (TPSA) is 89.1 Å². The number of benzene rings is 1. The fraction of sp³-hybridized carbons (Fsp3) is 0.400. The van der Waals surface area contributed by atoms with Crippen LogP contribution in [0.15, 0.2) is 30.5 Å². The summed E-state index contributed by atoms with van der Waals surface area (Å²) in [5, 5.41) is 12.5. The number of aromatic nitrogens is 3. The van der Waals surface area contributed by atoms with E-state index in [4.69, 9.17) is 9.31 Å². The lowest BCUT2D eigenvalue weighted by Crippen LogP contribution is -2.41. The zero-order chi connectivity index (χ0) is 16.7. The van der Waals surface area contributed by atoms with Crippen LogP contribution in [0.3, 0.4) is 0 Å². The van der Waals surface area contributed by atoms with Crippen molar-refractivity contribution < 1.29 is 14.1 Å². The monoisotopic (exact) mass is 314 g/mol. The van der Waals surface area contributed by atoms with E-state index in [1.807, 2.05) is 39.8 Å². The molecule has 0 spiro atoms. The number of aromatic amines is 1. The lowest BCUT2D eigenvalue weighted by atomic mass is 9.79. The molecule has 0 saturated carbocycles. The molecule has 1 fully saturated rings. The molecule has 23 heavy (non-hydrogen) atoms. The van der Waals surface area contributed by atoms with Crippen LogP contribution >= 0.6 is 0 Å². The molecule has 0 bridgehead atoms. The summed E-state index contributed by atoms with van der Waals surface area (Å²) in [7, 11) is -0.416. The van der Waals surface area contributed by atoms with Gasteiger partial charge in [-0.25, -0.2) is 0 Å². The van der Waals surface area contributed by atoms with E-state index in [0.29, 0.717) is 5.69 Å². The lowest BCUT2D eigenvalue weighted by Gasteiger charge is -2.32.